The topological polar surface area (TPSA) is 67.5 Å². The number of hydrogen-bond acceptors (Lipinski definition) is 3. The van der Waals surface area contributed by atoms with Gasteiger partial charge in [0.1, 0.15) is 0 Å². The Labute approximate surface area is 87.5 Å². The predicted octanol–water partition coefficient (Wildman–Crippen LogP) is 1.50. The van der Waals surface area contributed by atoms with Crippen LogP contribution >= 0.6 is 15.9 Å². The Morgan fingerprint density at radius 2 is 2.36 bits per heavy atom. The highest BCUT2D eigenvalue weighted by Gasteiger charge is 2.15. The van der Waals surface area contributed by atoms with E-state index < -0.39 is 5.97 Å². The lowest BCUT2D eigenvalue weighted by Crippen LogP contribution is -2.08. The molecule has 2 aromatic rings. The van der Waals surface area contributed by atoms with Gasteiger partial charge >= 0.3 is 5.97 Å². The van der Waals surface area contributed by atoms with Crippen LogP contribution in [0.3, 0.4) is 0 Å². The molecule has 0 fully saturated rings. The van der Waals surface area contributed by atoms with Crippen molar-refractivity contribution < 1.29 is 9.90 Å². The number of aryl methyl sites for hydroxylation is 1. The molecule has 6 heteroatoms. The molecule has 0 saturated carbocycles. The van der Waals surface area contributed by atoms with Gasteiger partial charge in [-0.05, 0) is 22.9 Å². The van der Waals surface area contributed by atoms with Gasteiger partial charge in [-0.2, -0.15) is 5.10 Å². The molecule has 0 unspecified atom stereocenters. The van der Waals surface area contributed by atoms with E-state index in [1.165, 1.54) is 10.7 Å². The molecule has 0 aliphatic carbocycles. The average molecular weight is 256 g/mol. The quantitative estimate of drug-likeness (QED) is 0.839. The Balaban J connectivity index is 2.88. The number of carboxylic acid groups (broad SMARTS) is 1. The van der Waals surface area contributed by atoms with Crippen molar-refractivity contribution in [3.8, 4) is 0 Å². The summed E-state index contributed by atoms with van der Waals surface area (Å²) in [5.74, 6) is -1.03. The van der Waals surface area contributed by atoms with Crippen LogP contribution in [-0.2, 0) is 0 Å². The van der Waals surface area contributed by atoms with Crippen LogP contribution in [0.25, 0.3) is 5.65 Å². The van der Waals surface area contributed by atoms with Crippen LogP contribution in [0.2, 0.25) is 0 Å². The standard InChI is InChI=1S/C8H6BrN3O2/c1-4-2-6-10-3-5(9)7(8(13)14)12(6)11-4/h2-3H,1H3,(H,13,14). The van der Waals surface area contributed by atoms with Gasteiger partial charge in [0.15, 0.2) is 11.3 Å². The first kappa shape index (κ1) is 9.14. The van der Waals surface area contributed by atoms with Gasteiger partial charge in [-0.25, -0.2) is 14.3 Å². The number of carboxylic acids is 1. The normalized spacial score (nSPS) is 10.7. The molecule has 0 spiro atoms. The number of fused-ring (bicyclic) bond motifs is 1. The van der Waals surface area contributed by atoms with Crippen LogP contribution in [0.15, 0.2) is 16.7 Å². The molecule has 1 N–H and O–H groups in total. The van der Waals surface area contributed by atoms with Crippen LogP contribution in [0.4, 0.5) is 0 Å². The minimum absolute atomic E-state index is 0.0862. The molecule has 0 bridgehead atoms. The summed E-state index contributed by atoms with van der Waals surface area (Å²) in [6, 6.07) is 1.72. The third-order valence-electron chi connectivity index (χ3n) is 1.76. The summed E-state index contributed by atoms with van der Waals surface area (Å²) in [6.07, 6.45) is 1.46. The van der Waals surface area contributed by atoms with Gasteiger partial charge in [-0.3, -0.25) is 0 Å². The van der Waals surface area contributed by atoms with Crippen molar-refractivity contribution in [2.75, 3.05) is 0 Å². The number of halogens is 1. The predicted molar refractivity (Wildman–Crippen MR) is 52.4 cm³/mol. The zero-order valence-corrected chi connectivity index (χ0v) is 8.82. The number of carbonyl (C=O) groups is 1. The molecule has 0 radical (unpaired) electrons. The van der Waals surface area contributed by atoms with E-state index >= 15 is 0 Å². The van der Waals surface area contributed by atoms with E-state index in [9.17, 15) is 4.79 Å². The second kappa shape index (κ2) is 3.06. The van der Waals surface area contributed by atoms with E-state index in [1.807, 2.05) is 0 Å². The smallest absolute Gasteiger partial charge is 0.355 e. The summed E-state index contributed by atoms with van der Waals surface area (Å²) in [4.78, 5) is 15.0. The van der Waals surface area contributed by atoms with Gasteiger partial charge in [0.25, 0.3) is 0 Å². The van der Waals surface area contributed by atoms with Gasteiger partial charge in [-0.1, -0.05) is 0 Å². The Morgan fingerprint density at radius 1 is 1.64 bits per heavy atom. The highest BCUT2D eigenvalue weighted by molar-refractivity contribution is 9.10. The maximum Gasteiger partial charge on any atom is 0.355 e. The molecule has 2 rings (SSSR count). The molecule has 0 aliphatic heterocycles. The lowest BCUT2D eigenvalue weighted by Gasteiger charge is -2.00. The summed E-state index contributed by atoms with van der Waals surface area (Å²) < 4.78 is 1.72. The largest absolute Gasteiger partial charge is 0.476 e. The molecule has 0 aromatic carbocycles. The summed E-state index contributed by atoms with van der Waals surface area (Å²) in [5.41, 5.74) is 1.35. The van der Waals surface area contributed by atoms with Crippen molar-refractivity contribution in [2.24, 2.45) is 0 Å². The fraction of sp³-hybridized carbons (Fsp3) is 0.125. The van der Waals surface area contributed by atoms with E-state index in [4.69, 9.17) is 5.11 Å². The minimum atomic E-state index is -1.03. The zero-order valence-electron chi connectivity index (χ0n) is 7.23. The van der Waals surface area contributed by atoms with Crippen LogP contribution in [-0.4, -0.2) is 25.7 Å². The Hall–Kier alpha value is -1.43. The molecule has 2 heterocycles. The van der Waals surface area contributed by atoms with Crippen LogP contribution in [0, 0.1) is 6.92 Å². The maximum absolute atomic E-state index is 10.9. The van der Waals surface area contributed by atoms with Crippen molar-refractivity contribution in [3.05, 3.63) is 28.1 Å². The second-order valence-corrected chi connectivity index (χ2v) is 3.67. The number of rotatable bonds is 1. The lowest BCUT2D eigenvalue weighted by atomic mass is 10.4. The van der Waals surface area contributed by atoms with Crippen LogP contribution < -0.4 is 0 Å². The first-order valence-corrected chi connectivity index (χ1v) is 4.63. The van der Waals surface area contributed by atoms with Gasteiger partial charge in [0, 0.05) is 12.3 Å². The Kier molecular flexibility index (Phi) is 1.99. The van der Waals surface area contributed by atoms with Crippen LogP contribution in [0.1, 0.15) is 16.2 Å². The molecule has 72 valence electrons. The Bertz CT molecular complexity index is 521. The van der Waals surface area contributed by atoms with Crippen LogP contribution in [0.5, 0.6) is 0 Å². The van der Waals surface area contributed by atoms with Crippen molar-refractivity contribution in [2.45, 2.75) is 6.92 Å². The third-order valence-corrected chi connectivity index (χ3v) is 2.34. The van der Waals surface area contributed by atoms with Gasteiger partial charge in [0.2, 0.25) is 0 Å². The molecule has 0 saturated heterocycles. The number of aromatic carboxylic acids is 1. The molecule has 2 aromatic heterocycles. The van der Waals surface area contributed by atoms with Crippen molar-refractivity contribution in [3.63, 3.8) is 0 Å². The summed E-state index contributed by atoms with van der Waals surface area (Å²) in [5, 5.41) is 13.0. The summed E-state index contributed by atoms with van der Waals surface area (Å²) >= 11 is 3.12. The number of aromatic nitrogens is 3. The van der Waals surface area contributed by atoms with E-state index in [0.717, 1.165) is 5.69 Å². The number of hydrogen-bond donors (Lipinski definition) is 1. The summed E-state index contributed by atoms with van der Waals surface area (Å²) in [6.45, 7) is 1.79. The van der Waals surface area contributed by atoms with E-state index in [1.54, 1.807) is 13.0 Å². The number of nitrogens with zero attached hydrogens (tertiary/aromatic N) is 3. The van der Waals surface area contributed by atoms with E-state index in [2.05, 4.69) is 26.0 Å². The fourth-order valence-corrected chi connectivity index (χ4v) is 1.66. The zero-order chi connectivity index (χ0) is 10.3. The van der Waals surface area contributed by atoms with Gasteiger partial charge in [-0.15, -0.1) is 0 Å². The molecule has 14 heavy (non-hydrogen) atoms. The molecular weight excluding hydrogens is 250 g/mol. The lowest BCUT2D eigenvalue weighted by molar-refractivity contribution is 0.0686. The Morgan fingerprint density at radius 3 is 3.00 bits per heavy atom. The van der Waals surface area contributed by atoms with Gasteiger partial charge in [0.05, 0.1) is 10.2 Å². The highest BCUT2D eigenvalue weighted by Crippen LogP contribution is 2.17. The molecule has 0 aliphatic rings. The maximum atomic E-state index is 10.9. The molecule has 5 nitrogen and oxygen atoms in total. The highest BCUT2D eigenvalue weighted by atomic mass is 79.9. The second-order valence-electron chi connectivity index (χ2n) is 2.82. The average Bonchev–Trinajstić information content (AvgIpc) is 2.43. The molecule has 0 amide bonds. The minimum Gasteiger partial charge on any atom is -0.476 e. The molecular formula is C8H6BrN3O2. The molecule has 0 atom stereocenters. The third kappa shape index (κ3) is 1.27. The summed E-state index contributed by atoms with van der Waals surface area (Å²) in [7, 11) is 0. The van der Waals surface area contributed by atoms with Crippen molar-refractivity contribution >= 4 is 27.5 Å². The van der Waals surface area contributed by atoms with E-state index in [-0.39, 0.29) is 5.69 Å². The first-order valence-electron chi connectivity index (χ1n) is 3.84. The fourth-order valence-electron chi connectivity index (χ4n) is 1.22. The first-order chi connectivity index (χ1) is 6.59. The van der Waals surface area contributed by atoms with Gasteiger partial charge < -0.3 is 5.11 Å². The monoisotopic (exact) mass is 255 g/mol. The van der Waals surface area contributed by atoms with Crippen molar-refractivity contribution in [1.82, 2.24) is 14.6 Å². The van der Waals surface area contributed by atoms with E-state index in [0.29, 0.717) is 10.1 Å². The van der Waals surface area contributed by atoms with Crippen molar-refractivity contribution in [1.29, 1.82) is 0 Å². The SMILES string of the molecule is Cc1cc2ncc(Br)c(C(=O)O)n2n1.